The lowest BCUT2D eigenvalue weighted by atomic mass is 9.92. The van der Waals surface area contributed by atoms with E-state index in [-0.39, 0.29) is 6.04 Å². The maximum Gasteiger partial charge on any atom is 0.130 e. The third-order valence-corrected chi connectivity index (χ3v) is 4.09. The second-order valence-electron chi connectivity index (χ2n) is 5.42. The van der Waals surface area contributed by atoms with Crippen LogP contribution in [0.4, 0.5) is 8.78 Å². The first-order valence-electron chi connectivity index (χ1n) is 7.01. The monoisotopic (exact) mass is 268 g/mol. The van der Waals surface area contributed by atoms with Crippen LogP contribution < -0.4 is 5.73 Å². The number of piperidine rings is 1. The van der Waals surface area contributed by atoms with Gasteiger partial charge in [0.25, 0.3) is 0 Å². The van der Waals surface area contributed by atoms with E-state index in [2.05, 4.69) is 4.90 Å². The van der Waals surface area contributed by atoms with Gasteiger partial charge >= 0.3 is 0 Å². The average Bonchev–Trinajstić information content (AvgIpc) is 2.39. The fraction of sp³-hybridized carbons (Fsp3) is 0.600. The molecule has 0 radical (unpaired) electrons. The van der Waals surface area contributed by atoms with Crippen LogP contribution in [0.1, 0.15) is 37.8 Å². The van der Waals surface area contributed by atoms with Gasteiger partial charge in [0.2, 0.25) is 0 Å². The minimum atomic E-state index is -0.520. The zero-order valence-electron chi connectivity index (χ0n) is 11.4. The predicted molar refractivity (Wildman–Crippen MR) is 72.7 cm³/mol. The summed E-state index contributed by atoms with van der Waals surface area (Å²) in [4.78, 5) is 2.28. The highest BCUT2D eigenvalue weighted by atomic mass is 19.1. The third kappa shape index (κ3) is 3.51. The topological polar surface area (TPSA) is 29.3 Å². The van der Waals surface area contributed by atoms with Crippen molar-refractivity contribution in [3.8, 4) is 0 Å². The van der Waals surface area contributed by atoms with Crippen LogP contribution in [0.15, 0.2) is 18.2 Å². The maximum atomic E-state index is 13.8. The molecule has 4 heteroatoms. The number of hydrogen-bond donors (Lipinski definition) is 1. The number of likely N-dealkylation sites (tertiary alicyclic amines) is 1. The average molecular weight is 268 g/mol. The van der Waals surface area contributed by atoms with Crippen molar-refractivity contribution in [3.05, 3.63) is 35.4 Å². The molecule has 0 aromatic heterocycles. The van der Waals surface area contributed by atoms with E-state index in [1.807, 2.05) is 6.92 Å². The van der Waals surface area contributed by atoms with E-state index in [1.54, 1.807) is 6.07 Å². The summed E-state index contributed by atoms with van der Waals surface area (Å²) in [6.07, 6.45) is 3.35. The molecule has 1 saturated heterocycles. The second kappa shape index (κ2) is 6.44. The molecule has 0 saturated carbocycles. The van der Waals surface area contributed by atoms with Crippen LogP contribution >= 0.6 is 0 Å². The van der Waals surface area contributed by atoms with Crippen molar-refractivity contribution in [2.45, 2.75) is 32.2 Å². The Labute approximate surface area is 113 Å². The van der Waals surface area contributed by atoms with E-state index in [1.165, 1.54) is 12.5 Å². The maximum absolute atomic E-state index is 13.8. The van der Waals surface area contributed by atoms with Crippen molar-refractivity contribution in [1.29, 1.82) is 0 Å². The summed E-state index contributed by atoms with van der Waals surface area (Å²) in [5, 5.41) is 0. The van der Waals surface area contributed by atoms with E-state index in [0.29, 0.717) is 18.0 Å². The van der Waals surface area contributed by atoms with Crippen molar-refractivity contribution < 1.29 is 8.78 Å². The van der Waals surface area contributed by atoms with Crippen LogP contribution in [0.2, 0.25) is 0 Å². The lowest BCUT2D eigenvalue weighted by molar-refractivity contribution is 0.126. The first-order valence-corrected chi connectivity index (χ1v) is 7.01. The quantitative estimate of drug-likeness (QED) is 0.909. The van der Waals surface area contributed by atoms with E-state index >= 15 is 0 Å². The van der Waals surface area contributed by atoms with Gasteiger partial charge in [-0.05, 0) is 51.3 Å². The van der Waals surface area contributed by atoms with Crippen molar-refractivity contribution in [2.75, 3.05) is 19.6 Å². The lowest BCUT2D eigenvalue weighted by Crippen LogP contribution is -2.38. The van der Waals surface area contributed by atoms with Crippen LogP contribution in [0.25, 0.3) is 0 Å². The van der Waals surface area contributed by atoms with E-state index in [4.69, 9.17) is 5.73 Å². The number of hydrogen-bond acceptors (Lipinski definition) is 2. The van der Waals surface area contributed by atoms with E-state index in [0.717, 1.165) is 32.0 Å². The van der Waals surface area contributed by atoms with Crippen molar-refractivity contribution >= 4 is 0 Å². The highest BCUT2D eigenvalue weighted by molar-refractivity contribution is 5.21. The Balaban J connectivity index is 2.07. The molecule has 2 atom stereocenters. The Kier molecular flexibility index (Phi) is 4.88. The SMILES string of the molecule is CC(c1ccc(F)cc1F)N1CCCC(CCN)C1. The van der Waals surface area contributed by atoms with Gasteiger partial charge in [-0.1, -0.05) is 6.07 Å². The third-order valence-electron chi connectivity index (χ3n) is 4.09. The molecule has 2 nitrogen and oxygen atoms in total. The van der Waals surface area contributed by atoms with Crippen LogP contribution in [-0.2, 0) is 0 Å². The first-order chi connectivity index (χ1) is 9.11. The number of rotatable bonds is 4. The standard InChI is InChI=1S/C15H22F2N2/c1-11(14-5-4-13(16)9-15(14)17)19-8-2-3-12(10-19)6-7-18/h4-5,9,11-12H,2-3,6-8,10,18H2,1H3. The highest BCUT2D eigenvalue weighted by Gasteiger charge is 2.25. The molecule has 19 heavy (non-hydrogen) atoms. The minimum absolute atomic E-state index is 0.0128. The molecule has 1 heterocycles. The van der Waals surface area contributed by atoms with Crippen LogP contribution in [0, 0.1) is 17.6 Å². The van der Waals surface area contributed by atoms with Gasteiger partial charge in [-0.15, -0.1) is 0 Å². The summed E-state index contributed by atoms with van der Waals surface area (Å²) in [6, 6.07) is 3.84. The fourth-order valence-corrected chi connectivity index (χ4v) is 2.96. The molecule has 1 aliphatic heterocycles. The summed E-state index contributed by atoms with van der Waals surface area (Å²) < 4.78 is 26.8. The first kappa shape index (κ1) is 14.4. The van der Waals surface area contributed by atoms with E-state index < -0.39 is 11.6 Å². The van der Waals surface area contributed by atoms with Gasteiger partial charge in [0.05, 0.1) is 0 Å². The van der Waals surface area contributed by atoms with Crippen molar-refractivity contribution in [2.24, 2.45) is 11.7 Å². The Morgan fingerprint density at radius 1 is 1.42 bits per heavy atom. The molecule has 1 aromatic rings. The Bertz CT molecular complexity index is 421. The molecule has 106 valence electrons. The molecular formula is C15H22F2N2. The van der Waals surface area contributed by atoms with Gasteiger partial charge in [-0.2, -0.15) is 0 Å². The summed E-state index contributed by atoms with van der Waals surface area (Å²) in [7, 11) is 0. The Morgan fingerprint density at radius 3 is 2.89 bits per heavy atom. The summed E-state index contributed by atoms with van der Waals surface area (Å²) in [6.45, 7) is 4.62. The molecule has 0 amide bonds. The Hall–Kier alpha value is -1.00. The minimum Gasteiger partial charge on any atom is -0.330 e. The lowest BCUT2D eigenvalue weighted by Gasteiger charge is -2.37. The second-order valence-corrected chi connectivity index (χ2v) is 5.42. The zero-order chi connectivity index (χ0) is 13.8. The van der Waals surface area contributed by atoms with Crippen LogP contribution in [-0.4, -0.2) is 24.5 Å². The van der Waals surface area contributed by atoms with Crippen LogP contribution in [0.5, 0.6) is 0 Å². The highest BCUT2D eigenvalue weighted by Crippen LogP contribution is 2.29. The number of halogens is 2. The van der Waals surface area contributed by atoms with Gasteiger partial charge in [0.1, 0.15) is 11.6 Å². The molecule has 0 bridgehead atoms. The molecule has 2 rings (SSSR count). The normalized spacial score (nSPS) is 22.4. The fourth-order valence-electron chi connectivity index (χ4n) is 2.96. The molecule has 1 fully saturated rings. The zero-order valence-corrected chi connectivity index (χ0v) is 11.4. The largest absolute Gasteiger partial charge is 0.330 e. The van der Waals surface area contributed by atoms with Gasteiger partial charge in [-0.3, -0.25) is 4.90 Å². The van der Waals surface area contributed by atoms with E-state index in [9.17, 15) is 8.78 Å². The molecule has 0 aliphatic carbocycles. The van der Waals surface area contributed by atoms with Crippen LogP contribution in [0.3, 0.4) is 0 Å². The van der Waals surface area contributed by atoms with Gasteiger partial charge in [-0.25, -0.2) is 8.78 Å². The summed E-state index contributed by atoms with van der Waals surface area (Å²) in [5.41, 5.74) is 6.19. The van der Waals surface area contributed by atoms with Gasteiger partial charge < -0.3 is 5.73 Å². The molecule has 2 unspecified atom stereocenters. The van der Waals surface area contributed by atoms with Crippen molar-refractivity contribution in [1.82, 2.24) is 4.90 Å². The van der Waals surface area contributed by atoms with Gasteiger partial charge in [0, 0.05) is 24.2 Å². The Morgan fingerprint density at radius 2 is 2.21 bits per heavy atom. The smallest absolute Gasteiger partial charge is 0.130 e. The summed E-state index contributed by atoms with van der Waals surface area (Å²) >= 11 is 0. The number of nitrogens with zero attached hydrogens (tertiary/aromatic N) is 1. The molecule has 1 aromatic carbocycles. The molecular weight excluding hydrogens is 246 g/mol. The molecule has 1 aliphatic rings. The molecule has 0 spiro atoms. The van der Waals surface area contributed by atoms with Gasteiger partial charge in [0.15, 0.2) is 0 Å². The number of nitrogens with two attached hydrogens (primary N) is 1. The summed E-state index contributed by atoms with van der Waals surface area (Å²) in [5.74, 6) is -0.369. The predicted octanol–water partition coefficient (Wildman–Crippen LogP) is 3.09. The molecule has 2 N–H and O–H groups in total. The van der Waals surface area contributed by atoms with Crippen molar-refractivity contribution in [3.63, 3.8) is 0 Å². The number of benzene rings is 1.